The molecule has 0 amide bonds. The van der Waals surface area contributed by atoms with E-state index >= 15 is 0 Å². The molecule has 3 rings (SSSR count). The first-order chi connectivity index (χ1) is 13.1. The minimum atomic E-state index is -0.236. The molecule has 0 saturated carbocycles. The number of hydrogen-bond acceptors (Lipinski definition) is 4. The number of H-pyrrole nitrogens is 1. The van der Waals surface area contributed by atoms with Crippen LogP contribution in [-0.2, 0) is 12.8 Å². The Morgan fingerprint density at radius 1 is 1.25 bits per heavy atom. The summed E-state index contributed by atoms with van der Waals surface area (Å²) >= 11 is 0. The Hall–Kier alpha value is -2.17. The molecule has 0 aliphatic carbocycles. The number of benzene rings is 1. The molecule has 0 saturated heterocycles. The van der Waals surface area contributed by atoms with Crippen molar-refractivity contribution in [1.82, 2.24) is 25.8 Å². The molecule has 2 aromatic heterocycles. The van der Waals surface area contributed by atoms with Gasteiger partial charge in [-0.2, -0.15) is 4.98 Å². The van der Waals surface area contributed by atoms with Crippen molar-refractivity contribution in [2.75, 3.05) is 20.1 Å². The summed E-state index contributed by atoms with van der Waals surface area (Å²) in [6.07, 6.45) is 3.35. The van der Waals surface area contributed by atoms with Crippen molar-refractivity contribution in [2.45, 2.75) is 32.6 Å². The zero-order chi connectivity index (χ0) is 19.2. The number of aromatic nitrogens is 3. The van der Waals surface area contributed by atoms with Crippen molar-refractivity contribution >= 4 is 40.8 Å². The van der Waals surface area contributed by atoms with Crippen molar-refractivity contribution in [1.29, 1.82) is 0 Å². The SMILES string of the molecule is CN=C(NCCc1nc(C(C)C)no1)NCCc1c[nH]c2cc(F)ccc12.I. The average Bonchev–Trinajstić information content (AvgIpc) is 3.27. The number of rotatable bonds is 7. The lowest BCUT2D eigenvalue weighted by atomic mass is 10.1. The second-order valence-corrected chi connectivity index (χ2v) is 6.63. The predicted molar refractivity (Wildman–Crippen MR) is 119 cm³/mol. The van der Waals surface area contributed by atoms with Gasteiger partial charge in [0.05, 0.1) is 0 Å². The maximum atomic E-state index is 13.3. The Labute approximate surface area is 180 Å². The third-order valence-corrected chi connectivity index (χ3v) is 4.27. The predicted octanol–water partition coefficient (Wildman–Crippen LogP) is 3.38. The molecule has 3 N–H and O–H groups in total. The highest BCUT2D eigenvalue weighted by Crippen LogP contribution is 2.19. The fraction of sp³-hybridized carbons (Fsp3) is 0.421. The molecule has 0 atom stereocenters. The third-order valence-electron chi connectivity index (χ3n) is 4.27. The minimum absolute atomic E-state index is 0. The van der Waals surface area contributed by atoms with Crippen molar-refractivity contribution in [3.8, 4) is 0 Å². The quantitative estimate of drug-likeness (QED) is 0.263. The summed E-state index contributed by atoms with van der Waals surface area (Å²) in [5, 5.41) is 11.5. The van der Waals surface area contributed by atoms with Crippen LogP contribution < -0.4 is 10.6 Å². The van der Waals surface area contributed by atoms with Crippen LogP contribution in [0.25, 0.3) is 10.9 Å². The molecule has 0 fully saturated rings. The van der Waals surface area contributed by atoms with Gasteiger partial charge in [-0.3, -0.25) is 4.99 Å². The Balaban J connectivity index is 0.00000280. The van der Waals surface area contributed by atoms with Crippen LogP contribution in [0.5, 0.6) is 0 Å². The van der Waals surface area contributed by atoms with Crippen LogP contribution in [0, 0.1) is 5.82 Å². The van der Waals surface area contributed by atoms with Gasteiger partial charge < -0.3 is 20.1 Å². The topological polar surface area (TPSA) is 91.1 Å². The van der Waals surface area contributed by atoms with Crippen LogP contribution in [0.2, 0.25) is 0 Å². The fourth-order valence-corrected chi connectivity index (χ4v) is 2.79. The average molecular weight is 500 g/mol. The standard InChI is InChI=1S/C19H25FN6O.HI/c1-12(2)18-25-17(27-26-18)7-9-23-19(21-3)22-8-6-13-11-24-16-10-14(20)4-5-15(13)16;/h4-5,10-12,24H,6-9H2,1-3H3,(H2,21,22,23);1H. The van der Waals surface area contributed by atoms with Gasteiger partial charge in [0.15, 0.2) is 11.8 Å². The Morgan fingerprint density at radius 3 is 2.68 bits per heavy atom. The lowest BCUT2D eigenvalue weighted by Gasteiger charge is -2.10. The van der Waals surface area contributed by atoms with E-state index in [-0.39, 0.29) is 35.7 Å². The molecule has 0 unspecified atom stereocenters. The highest BCUT2D eigenvalue weighted by Gasteiger charge is 2.09. The summed E-state index contributed by atoms with van der Waals surface area (Å²) in [6, 6.07) is 4.80. The number of nitrogens with zero attached hydrogens (tertiary/aromatic N) is 3. The Kier molecular flexibility index (Phi) is 8.21. The van der Waals surface area contributed by atoms with Gasteiger partial charge >= 0.3 is 0 Å². The molecule has 3 aromatic rings. The lowest BCUT2D eigenvalue weighted by molar-refractivity contribution is 0.371. The lowest BCUT2D eigenvalue weighted by Crippen LogP contribution is -2.39. The van der Waals surface area contributed by atoms with Gasteiger partial charge in [-0.25, -0.2) is 4.39 Å². The van der Waals surface area contributed by atoms with Crippen LogP contribution >= 0.6 is 24.0 Å². The van der Waals surface area contributed by atoms with Crippen LogP contribution in [0.1, 0.15) is 37.0 Å². The zero-order valence-electron chi connectivity index (χ0n) is 16.3. The van der Waals surface area contributed by atoms with E-state index in [0.29, 0.717) is 31.4 Å². The summed E-state index contributed by atoms with van der Waals surface area (Å²) < 4.78 is 18.5. The van der Waals surface area contributed by atoms with Crippen LogP contribution in [0.3, 0.4) is 0 Å². The number of halogens is 2. The van der Waals surface area contributed by atoms with E-state index in [1.807, 2.05) is 20.0 Å². The minimum Gasteiger partial charge on any atom is -0.361 e. The first kappa shape index (κ1) is 22.1. The second kappa shape index (κ2) is 10.4. The monoisotopic (exact) mass is 500 g/mol. The van der Waals surface area contributed by atoms with E-state index in [1.165, 1.54) is 12.1 Å². The molecule has 0 bridgehead atoms. The maximum absolute atomic E-state index is 13.3. The normalized spacial score (nSPS) is 11.7. The van der Waals surface area contributed by atoms with Gasteiger partial charge in [0, 0.05) is 49.6 Å². The summed E-state index contributed by atoms with van der Waals surface area (Å²) in [7, 11) is 1.73. The van der Waals surface area contributed by atoms with Crippen molar-refractivity contribution in [3.63, 3.8) is 0 Å². The second-order valence-electron chi connectivity index (χ2n) is 6.63. The van der Waals surface area contributed by atoms with E-state index in [0.717, 1.165) is 28.7 Å². The zero-order valence-corrected chi connectivity index (χ0v) is 18.6. The van der Waals surface area contributed by atoms with Crippen LogP contribution in [0.4, 0.5) is 4.39 Å². The van der Waals surface area contributed by atoms with E-state index in [2.05, 4.69) is 30.8 Å². The van der Waals surface area contributed by atoms with Crippen molar-refractivity contribution in [3.05, 3.63) is 47.5 Å². The summed E-state index contributed by atoms with van der Waals surface area (Å²) in [6.45, 7) is 5.42. The maximum Gasteiger partial charge on any atom is 0.228 e. The first-order valence-corrected chi connectivity index (χ1v) is 9.09. The number of aliphatic imine (C=N–C) groups is 1. The summed E-state index contributed by atoms with van der Waals surface area (Å²) in [5.41, 5.74) is 1.95. The third kappa shape index (κ3) is 5.66. The van der Waals surface area contributed by atoms with E-state index in [1.54, 1.807) is 13.1 Å². The van der Waals surface area contributed by atoms with Gasteiger partial charge in [-0.1, -0.05) is 19.0 Å². The smallest absolute Gasteiger partial charge is 0.228 e. The molecule has 2 heterocycles. The molecule has 0 aliphatic heterocycles. The van der Waals surface area contributed by atoms with Gasteiger partial charge in [-0.15, -0.1) is 24.0 Å². The molecule has 28 heavy (non-hydrogen) atoms. The van der Waals surface area contributed by atoms with Gasteiger partial charge in [-0.05, 0) is 30.2 Å². The van der Waals surface area contributed by atoms with Gasteiger partial charge in [0.2, 0.25) is 5.89 Å². The van der Waals surface area contributed by atoms with E-state index in [4.69, 9.17) is 4.52 Å². The number of guanidine groups is 1. The number of aromatic amines is 1. The molecular formula is C19H26FIN6O. The number of fused-ring (bicyclic) bond motifs is 1. The van der Waals surface area contributed by atoms with Gasteiger partial charge in [0.25, 0.3) is 0 Å². The Bertz CT molecular complexity index is 920. The van der Waals surface area contributed by atoms with Crippen molar-refractivity contribution < 1.29 is 8.91 Å². The fourth-order valence-electron chi connectivity index (χ4n) is 2.79. The molecule has 1 aromatic carbocycles. The Morgan fingerprint density at radius 2 is 2.00 bits per heavy atom. The van der Waals surface area contributed by atoms with Crippen LogP contribution in [-0.4, -0.2) is 41.2 Å². The number of hydrogen-bond donors (Lipinski definition) is 3. The number of nitrogens with one attached hydrogen (secondary N) is 3. The molecule has 0 aliphatic rings. The highest BCUT2D eigenvalue weighted by molar-refractivity contribution is 14.0. The summed E-state index contributed by atoms with van der Waals surface area (Å²) in [5.74, 6) is 2.08. The largest absolute Gasteiger partial charge is 0.361 e. The van der Waals surface area contributed by atoms with E-state index in [9.17, 15) is 4.39 Å². The first-order valence-electron chi connectivity index (χ1n) is 9.09. The summed E-state index contributed by atoms with van der Waals surface area (Å²) in [4.78, 5) is 11.7. The highest BCUT2D eigenvalue weighted by atomic mass is 127. The molecule has 152 valence electrons. The molecular weight excluding hydrogens is 474 g/mol. The van der Waals surface area contributed by atoms with Crippen molar-refractivity contribution in [2.24, 2.45) is 4.99 Å². The molecule has 9 heteroatoms. The van der Waals surface area contributed by atoms with E-state index < -0.39 is 0 Å². The van der Waals surface area contributed by atoms with Crippen LogP contribution in [0.15, 0.2) is 33.9 Å². The molecule has 0 radical (unpaired) electrons. The molecule has 7 nitrogen and oxygen atoms in total. The van der Waals surface area contributed by atoms with Gasteiger partial charge in [0.1, 0.15) is 5.82 Å². The molecule has 0 spiro atoms.